The number of hydrogen-bond donors (Lipinski definition) is 2. The minimum absolute atomic E-state index is 0.164. The number of aliphatic hydroxyl groups is 1. The number of aromatic nitrogens is 1. The van der Waals surface area contributed by atoms with Crippen LogP contribution in [0.3, 0.4) is 0 Å². The van der Waals surface area contributed by atoms with E-state index in [0.717, 1.165) is 0 Å². The Balaban J connectivity index is 3.02. The van der Waals surface area contributed by atoms with Crippen LogP contribution < -0.4 is 10.5 Å². The van der Waals surface area contributed by atoms with Crippen LogP contribution in [0.5, 0.6) is 5.88 Å². The monoisotopic (exact) mass is 154 g/mol. The van der Waals surface area contributed by atoms with E-state index in [4.69, 9.17) is 15.6 Å². The number of aliphatic hydroxyl groups excluding tert-OH is 1. The third-order valence-corrected chi connectivity index (χ3v) is 1.34. The fraction of sp³-hybridized carbons (Fsp3) is 0.286. The van der Waals surface area contributed by atoms with Crippen molar-refractivity contribution in [3.63, 3.8) is 0 Å². The highest BCUT2D eigenvalue weighted by Crippen LogP contribution is 2.13. The number of nitrogens with zero attached hydrogens (tertiary/aromatic N) is 1. The molecule has 4 heteroatoms. The molecule has 60 valence electrons. The average molecular weight is 154 g/mol. The fourth-order valence-electron chi connectivity index (χ4n) is 0.732. The molecule has 0 fully saturated rings. The minimum Gasteiger partial charge on any atom is -0.481 e. The second-order valence-corrected chi connectivity index (χ2v) is 2.05. The van der Waals surface area contributed by atoms with Crippen LogP contribution in [0.4, 0.5) is 5.69 Å². The van der Waals surface area contributed by atoms with Crippen molar-refractivity contribution in [3.05, 3.63) is 17.8 Å². The van der Waals surface area contributed by atoms with Gasteiger partial charge < -0.3 is 15.6 Å². The van der Waals surface area contributed by atoms with Crippen molar-refractivity contribution in [3.8, 4) is 5.88 Å². The lowest BCUT2D eigenvalue weighted by Gasteiger charge is -2.03. The van der Waals surface area contributed by atoms with Gasteiger partial charge in [-0.3, -0.25) is 0 Å². The molecule has 0 saturated heterocycles. The lowest BCUT2D eigenvalue weighted by Crippen LogP contribution is -1.99. The predicted octanol–water partition coefficient (Wildman–Crippen LogP) is 0.165. The maximum atomic E-state index is 8.74. The van der Waals surface area contributed by atoms with Crippen molar-refractivity contribution in [2.45, 2.75) is 6.61 Å². The maximum absolute atomic E-state index is 8.74. The van der Waals surface area contributed by atoms with Gasteiger partial charge in [0, 0.05) is 6.07 Å². The molecule has 0 aliphatic heterocycles. The van der Waals surface area contributed by atoms with E-state index in [-0.39, 0.29) is 6.61 Å². The second kappa shape index (κ2) is 3.21. The van der Waals surface area contributed by atoms with E-state index in [1.165, 1.54) is 7.11 Å². The summed E-state index contributed by atoms with van der Waals surface area (Å²) in [7, 11) is 1.51. The van der Waals surface area contributed by atoms with Crippen LogP contribution in [0.2, 0.25) is 0 Å². The van der Waals surface area contributed by atoms with Crippen molar-refractivity contribution in [1.82, 2.24) is 4.98 Å². The maximum Gasteiger partial charge on any atom is 0.213 e. The molecule has 0 aliphatic rings. The number of anilines is 1. The smallest absolute Gasteiger partial charge is 0.213 e. The zero-order valence-electron chi connectivity index (χ0n) is 6.24. The molecule has 0 radical (unpaired) electrons. The van der Waals surface area contributed by atoms with Crippen molar-refractivity contribution >= 4 is 5.69 Å². The molecule has 1 rings (SSSR count). The summed E-state index contributed by atoms with van der Waals surface area (Å²) in [5, 5.41) is 8.74. The lowest BCUT2D eigenvalue weighted by atomic mass is 10.3. The van der Waals surface area contributed by atoms with Gasteiger partial charge in [-0.1, -0.05) is 0 Å². The molecule has 3 N–H and O–H groups in total. The highest BCUT2D eigenvalue weighted by molar-refractivity contribution is 5.43. The predicted molar refractivity (Wildman–Crippen MR) is 41.1 cm³/mol. The summed E-state index contributed by atoms with van der Waals surface area (Å²) in [6.07, 6.45) is 0. The summed E-state index contributed by atoms with van der Waals surface area (Å²) in [5.74, 6) is 0.461. The normalized spacial score (nSPS) is 9.64. The van der Waals surface area contributed by atoms with Gasteiger partial charge in [0.1, 0.15) is 0 Å². The number of rotatable bonds is 2. The lowest BCUT2D eigenvalue weighted by molar-refractivity contribution is 0.275. The summed E-state index contributed by atoms with van der Waals surface area (Å²) < 4.78 is 4.83. The molecule has 0 bridgehead atoms. The molecule has 0 aromatic carbocycles. The molecular weight excluding hydrogens is 144 g/mol. The van der Waals surface area contributed by atoms with Gasteiger partial charge in [-0.25, -0.2) is 4.98 Å². The van der Waals surface area contributed by atoms with E-state index < -0.39 is 0 Å². The number of hydrogen-bond acceptors (Lipinski definition) is 4. The van der Waals surface area contributed by atoms with Gasteiger partial charge in [-0.05, 0) is 6.07 Å². The van der Waals surface area contributed by atoms with Gasteiger partial charge in [-0.2, -0.15) is 0 Å². The first kappa shape index (κ1) is 7.81. The van der Waals surface area contributed by atoms with E-state index in [9.17, 15) is 0 Å². The van der Waals surface area contributed by atoms with Crippen molar-refractivity contribution in [2.75, 3.05) is 12.8 Å². The molecule has 11 heavy (non-hydrogen) atoms. The quantitative estimate of drug-likeness (QED) is 0.637. The Labute approximate surface area is 64.6 Å². The Hall–Kier alpha value is -1.29. The highest BCUT2D eigenvalue weighted by atomic mass is 16.5. The molecule has 0 spiro atoms. The molecule has 0 atom stereocenters. The summed E-state index contributed by atoms with van der Waals surface area (Å²) in [6.45, 7) is -0.164. The zero-order chi connectivity index (χ0) is 8.27. The molecule has 1 aromatic rings. The van der Waals surface area contributed by atoms with Crippen LogP contribution in [-0.4, -0.2) is 17.2 Å². The Morgan fingerprint density at radius 1 is 1.64 bits per heavy atom. The number of nitrogens with two attached hydrogens (primary N) is 1. The largest absolute Gasteiger partial charge is 0.481 e. The SMILES string of the molecule is COc1ccc(N)c(CO)n1. The second-order valence-electron chi connectivity index (χ2n) is 2.05. The molecule has 1 heterocycles. The van der Waals surface area contributed by atoms with Crippen LogP contribution in [-0.2, 0) is 6.61 Å². The number of ether oxygens (including phenoxy) is 1. The third kappa shape index (κ3) is 1.59. The van der Waals surface area contributed by atoms with Crippen molar-refractivity contribution in [2.24, 2.45) is 0 Å². The molecule has 0 saturated carbocycles. The van der Waals surface area contributed by atoms with E-state index in [1.807, 2.05) is 0 Å². The first-order valence-electron chi connectivity index (χ1n) is 3.18. The van der Waals surface area contributed by atoms with Crippen LogP contribution in [0.15, 0.2) is 12.1 Å². The number of nitrogen functional groups attached to an aromatic ring is 1. The first-order valence-corrected chi connectivity index (χ1v) is 3.18. The zero-order valence-corrected chi connectivity index (χ0v) is 6.24. The van der Waals surface area contributed by atoms with Gasteiger partial charge in [-0.15, -0.1) is 0 Å². The Bertz CT molecular complexity index is 250. The van der Waals surface area contributed by atoms with Crippen LogP contribution in [0.1, 0.15) is 5.69 Å². The Kier molecular flexibility index (Phi) is 2.28. The standard InChI is InChI=1S/C7H10N2O2/c1-11-7-3-2-5(8)6(4-10)9-7/h2-3,10H,4,8H2,1H3. The van der Waals surface area contributed by atoms with Gasteiger partial charge in [0.25, 0.3) is 0 Å². The van der Waals surface area contributed by atoms with Crippen LogP contribution in [0, 0.1) is 0 Å². The first-order chi connectivity index (χ1) is 5.27. The van der Waals surface area contributed by atoms with Crippen molar-refractivity contribution in [1.29, 1.82) is 0 Å². The number of methoxy groups -OCH3 is 1. The van der Waals surface area contributed by atoms with Gasteiger partial charge in [0.2, 0.25) is 5.88 Å². The van der Waals surface area contributed by atoms with E-state index in [0.29, 0.717) is 17.3 Å². The summed E-state index contributed by atoms with van der Waals surface area (Å²) in [6, 6.07) is 3.30. The molecule has 0 amide bonds. The molecule has 0 unspecified atom stereocenters. The molecule has 1 aromatic heterocycles. The Morgan fingerprint density at radius 3 is 2.91 bits per heavy atom. The highest BCUT2D eigenvalue weighted by Gasteiger charge is 2.00. The third-order valence-electron chi connectivity index (χ3n) is 1.34. The van der Waals surface area contributed by atoms with Crippen LogP contribution in [0.25, 0.3) is 0 Å². The number of pyridine rings is 1. The van der Waals surface area contributed by atoms with E-state index >= 15 is 0 Å². The van der Waals surface area contributed by atoms with E-state index in [2.05, 4.69) is 4.98 Å². The van der Waals surface area contributed by atoms with Crippen molar-refractivity contribution < 1.29 is 9.84 Å². The summed E-state index contributed by atoms with van der Waals surface area (Å²) in [5.41, 5.74) is 6.40. The van der Waals surface area contributed by atoms with Crippen LogP contribution >= 0.6 is 0 Å². The average Bonchev–Trinajstić information content (AvgIpc) is 2.05. The minimum atomic E-state index is -0.164. The summed E-state index contributed by atoms with van der Waals surface area (Å²) >= 11 is 0. The van der Waals surface area contributed by atoms with E-state index in [1.54, 1.807) is 12.1 Å². The molecular formula is C7H10N2O2. The fourth-order valence-corrected chi connectivity index (χ4v) is 0.732. The van der Waals surface area contributed by atoms with Gasteiger partial charge >= 0.3 is 0 Å². The van der Waals surface area contributed by atoms with Gasteiger partial charge in [0.15, 0.2) is 0 Å². The topological polar surface area (TPSA) is 68.4 Å². The Morgan fingerprint density at radius 2 is 2.36 bits per heavy atom. The van der Waals surface area contributed by atoms with Gasteiger partial charge in [0.05, 0.1) is 25.1 Å². The molecule has 0 aliphatic carbocycles. The molecule has 4 nitrogen and oxygen atoms in total. The summed E-state index contributed by atoms with van der Waals surface area (Å²) in [4.78, 5) is 3.91.